The van der Waals surface area contributed by atoms with Crippen molar-refractivity contribution in [2.75, 3.05) is 0 Å². The first-order valence-corrected chi connectivity index (χ1v) is 30.5. The van der Waals surface area contributed by atoms with Crippen LogP contribution < -0.4 is 0 Å². The van der Waals surface area contributed by atoms with E-state index in [-0.39, 0.29) is 12.2 Å². The lowest BCUT2D eigenvalue weighted by molar-refractivity contribution is -0.164. The van der Waals surface area contributed by atoms with Gasteiger partial charge in [-0.2, -0.15) is 0 Å². The molecule has 4 nitrogen and oxygen atoms in total. The number of Topliss-reactive ketones (excluding diaryl/α,β-unsaturated/α-hetero) is 1. The van der Waals surface area contributed by atoms with Crippen molar-refractivity contribution in [3.8, 4) is 0 Å². The fourth-order valence-corrected chi connectivity index (χ4v) is 9.79. The van der Waals surface area contributed by atoms with E-state index in [9.17, 15) is 14.4 Å². The smallest absolute Gasteiger partial charge is 0.324 e. The van der Waals surface area contributed by atoms with Crippen LogP contribution in [0.25, 0.3) is 0 Å². The van der Waals surface area contributed by atoms with Gasteiger partial charge in [0, 0.05) is 12.8 Å². The molecule has 0 rings (SSSR count). The summed E-state index contributed by atoms with van der Waals surface area (Å²) in [6.45, 7) is 6.85. The van der Waals surface area contributed by atoms with Gasteiger partial charge in [0.05, 0.1) is 0 Å². The second-order valence-electron chi connectivity index (χ2n) is 21.1. The predicted molar refractivity (Wildman–Crippen MR) is 290 cm³/mol. The molecule has 1 atom stereocenters. The van der Waals surface area contributed by atoms with Crippen LogP contribution >= 0.6 is 0 Å². The fraction of sp³-hybridized carbons (Fsp3) is 0.919. The van der Waals surface area contributed by atoms with Gasteiger partial charge in [0.25, 0.3) is 0 Å². The number of hydrogen-bond donors (Lipinski definition) is 0. The van der Waals surface area contributed by atoms with Crippen molar-refractivity contribution in [1.82, 2.24) is 0 Å². The Morgan fingerprint density at radius 3 is 0.848 bits per heavy atom. The van der Waals surface area contributed by atoms with E-state index < -0.39 is 17.9 Å². The topological polar surface area (TPSA) is 60.4 Å². The highest BCUT2D eigenvalue weighted by atomic mass is 16.6. The van der Waals surface area contributed by atoms with Crippen molar-refractivity contribution in [2.24, 2.45) is 5.92 Å². The van der Waals surface area contributed by atoms with Crippen LogP contribution in [-0.2, 0) is 19.1 Å². The standard InChI is InChI=1S/C62H118O4/c1-4-7-10-13-16-19-22-25-28-30-32-34-37-39-42-45-48-51-54-57-60(63)59(56-53-50-47-44-41-38-36-33-31-29-26-23-20-17-14-11-8-5-2)62(65)66-61(64)58-55-52-49-46-43-40-35-27-24-21-18-15-12-9-6-3/h27,35,59H,4-26,28-34,36-58H2,1-3H3. The van der Waals surface area contributed by atoms with Crippen molar-refractivity contribution in [2.45, 2.75) is 361 Å². The van der Waals surface area contributed by atoms with Crippen molar-refractivity contribution in [1.29, 1.82) is 0 Å². The number of esters is 2. The minimum absolute atomic E-state index is 0.00669. The molecule has 0 aromatic carbocycles. The van der Waals surface area contributed by atoms with Gasteiger partial charge in [0.15, 0.2) is 0 Å². The monoisotopic (exact) mass is 927 g/mol. The van der Waals surface area contributed by atoms with Crippen LogP contribution in [0.2, 0.25) is 0 Å². The molecule has 0 aliphatic heterocycles. The molecule has 66 heavy (non-hydrogen) atoms. The zero-order valence-electron chi connectivity index (χ0n) is 45.3. The third kappa shape index (κ3) is 50.4. The summed E-state index contributed by atoms with van der Waals surface area (Å²) in [6, 6.07) is 0. The zero-order valence-corrected chi connectivity index (χ0v) is 45.3. The molecule has 0 amide bonds. The van der Waals surface area contributed by atoms with Crippen LogP contribution in [0.15, 0.2) is 12.2 Å². The average Bonchev–Trinajstić information content (AvgIpc) is 3.31. The van der Waals surface area contributed by atoms with Gasteiger partial charge in [-0.25, -0.2) is 0 Å². The second kappa shape index (κ2) is 56.1. The SMILES string of the molecule is CCCCCCCCC=CCCCCCCCC(=O)OC(=O)C(CCCCCCCCCCCCCCCCCCCC)C(=O)CCCCCCCCCCCCCCCCCCCCC. The lowest BCUT2D eigenvalue weighted by atomic mass is 9.92. The van der Waals surface area contributed by atoms with Crippen LogP contribution in [0.4, 0.5) is 0 Å². The summed E-state index contributed by atoms with van der Waals surface area (Å²) in [7, 11) is 0. The number of rotatable bonds is 56. The molecule has 0 radical (unpaired) electrons. The maximum atomic E-state index is 13.5. The predicted octanol–water partition coefficient (Wildman–Crippen LogP) is 21.5. The van der Waals surface area contributed by atoms with Crippen LogP contribution in [0.5, 0.6) is 0 Å². The molecular weight excluding hydrogens is 809 g/mol. The Balaban J connectivity index is 4.33. The molecule has 0 aromatic heterocycles. The Morgan fingerprint density at radius 1 is 0.303 bits per heavy atom. The quantitative estimate of drug-likeness (QED) is 0.0264. The average molecular weight is 928 g/mol. The Kier molecular flexibility index (Phi) is 54.9. The Labute approximate surface area is 414 Å². The number of carbonyl (C=O) groups excluding carboxylic acids is 3. The third-order valence-electron chi connectivity index (χ3n) is 14.4. The molecular formula is C62H118O4. The molecule has 0 N–H and O–H groups in total. The van der Waals surface area contributed by atoms with Gasteiger partial charge in [-0.05, 0) is 44.9 Å². The van der Waals surface area contributed by atoms with E-state index in [0.717, 1.165) is 64.2 Å². The van der Waals surface area contributed by atoms with Gasteiger partial charge in [0.2, 0.25) is 0 Å². The lowest BCUT2D eigenvalue weighted by Crippen LogP contribution is -2.28. The van der Waals surface area contributed by atoms with Crippen LogP contribution in [-0.4, -0.2) is 17.7 Å². The molecule has 0 saturated carbocycles. The molecule has 0 heterocycles. The van der Waals surface area contributed by atoms with E-state index >= 15 is 0 Å². The molecule has 0 bridgehead atoms. The van der Waals surface area contributed by atoms with Crippen molar-refractivity contribution in [3.05, 3.63) is 12.2 Å². The van der Waals surface area contributed by atoms with Crippen molar-refractivity contribution >= 4 is 17.7 Å². The van der Waals surface area contributed by atoms with Crippen LogP contribution in [0, 0.1) is 5.92 Å². The van der Waals surface area contributed by atoms with E-state index in [2.05, 4.69) is 32.9 Å². The first kappa shape index (κ1) is 64.5. The molecule has 1 unspecified atom stereocenters. The van der Waals surface area contributed by atoms with Gasteiger partial charge in [-0.3, -0.25) is 14.4 Å². The maximum Gasteiger partial charge on any atom is 0.324 e. The minimum Gasteiger partial charge on any atom is -0.393 e. The zero-order chi connectivity index (χ0) is 47.9. The number of unbranched alkanes of at least 4 members (excludes halogenated alkanes) is 46. The highest BCUT2D eigenvalue weighted by molar-refractivity contribution is 6.02. The first-order chi connectivity index (χ1) is 32.6. The van der Waals surface area contributed by atoms with Crippen molar-refractivity contribution in [3.63, 3.8) is 0 Å². The van der Waals surface area contributed by atoms with E-state index in [1.807, 2.05) is 0 Å². The van der Waals surface area contributed by atoms with E-state index in [0.29, 0.717) is 12.8 Å². The van der Waals surface area contributed by atoms with Gasteiger partial charge >= 0.3 is 11.9 Å². The Bertz CT molecular complexity index is 1020. The number of ether oxygens (including phenoxy) is 1. The number of carbonyl (C=O) groups is 3. The van der Waals surface area contributed by atoms with E-state index in [4.69, 9.17) is 4.74 Å². The molecule has 0 aliphatic rings. The van der Waals surface area contributed by atoms with Gasteiger partial charge in [0.1, 0.15) is 11.7 Å². The molecule has 0 aliphatic carbocycles. The largest absolute Gasteiger partial charge is 0.393 e. The summed E-state index contributed by atoms with van der Waals surface area (Å²) in [5.41, 5.74) is 0. The van der Waals surface area contributed by atoms with Crippen LogP contribution in [0.3, 0.4) is 0 Å². The highest BCUT2D eigenvalue weighted by Gasteiger charge is 2.28. The summed E-state index contributed by atoms with van der Waals surface area (Å²) in [4.78, 5) is 39.5. The van der Waals surface area contributed by atoms with Crippen LogP contribution in [0.1, 0.15) is 361 Å². The fourth-order valence-electron chi connectivity index (χ4n) is 9.79. The Hall–Kier alpha value is -1.45. The third-order valence-corrected chi connectivity index (χ3v) is 14.4. The number of hydrogen-bond acceptors (Lipinski definition) is 4. The normalized spacial score (nSPS) is 12.1. The number of allylic oxidation sites excluding steroid dienone is 2. The molecule has 4 heteroatoms. The lowest BCUT2D eigenvalue weighted by Gasteiger charge is -2.14. The molecule has 0 aromatic rings. The van der Waals surface area contributed by atoms with Gasteiger partial charge < -0.3 is 4.74 Å². The number of ketones is 1. The maximum absolute atomic E-state index is 13.5. The van der Waals surface area contributed by atoms with Gasteiger partial charge in [-0.1, -0.05) is 315 Å². The van der Waals surface area contributed by atoms with E-state index in [1.165, 1.54) is 257 Å². The minimum atomic E-state index is -0.778. The first-order valence-electron chi connectivity index (χ1n) is 30.5. The second-order valence-corrected chi connectivity index (χ2v) is 21.1. The molecule has 0 saturated heterocycles. The van der Waals surface area contributed by atoms with E-state index in [1.54, 1.807) is 0 Å². The highest BCUT2D eigenvalue weighted by Crippen LogP contribution is 2.21. The summed E-state index contributed by atoms with van der Waals surface area (Å²) < 4.78 is 5.38. The molecule has 0 fully saturated rings. The summed E-state index contributed by atoms with van der Waals surface area (Å²) in [5, 5.41) is 0. The molecule has 390 valence electrons. The summed E-state index contributed by atoms with van der Waals surface area (Å²) >= 11 is 0. The Morgan fingerprint density at radius 2 is 0.545 bits per heavy atom. The van der Waals surface area contributed by atoms with Crippen molar-refractivity contribution < 1.29 is 19.1 Å². The summed E-state index contributed by atoms with van der Waals surface area (Å²) in [5.74, 6) is -1.81. The van der Waals surface area contributed by atoms with Gasteiger partial charge in [-0.15, -0.1) is 0 Å². The molecule has 0 spiro atoms. The summed E-state index contributed by atoms with van der Waals surface area (Å²) in [6.07, 6.45) is 70.4.